The first kappa shape index (κ1) is 9.71. The van der Waals surface area contributed by atoms with Crippen LogP contribution in [0.2, 0.25) is 0 Å². The van der Waals surface area contributed by atoms with E-state index in [0.29, 0.717) is 6.61 Å². The SMILES string of the molecule is CCOC(=O)/C=C1\CCC[C@]2(C)O[C@H]12. The molecule has 1 aliphatic heterocycles. The van der Waals surface area contributed by atoms with Gasteiger partial charge < -0.3 is 9.47 Å². The summed E-state index contributed by atoms with van der Waals surface area (Å²) in [5, 5.41) is 0. The van der Waals surface area contributed by atoms with E-state index in [4.69, 9.17) is 9.47 Å². The van der Waals surface area contributed by atoms with Gasteiger partial charge in [0.15, 0.2) is 0 Å². The third-order valence-corrected chi connectivity index (χ3v) is 2.95. The maximum absolute atomic E-state index is 11.2. The molecule has 1 saturated carbocycles. The highest BCUT2D eigenvalue weighted by Crippen LogP contribution is 2.49. The smallest absolute Gasteiger partial charge is 0.330 e. The molecule has 0 aromatic carbocycles. The number of hydrogen-bond donors (Lipinski definition) is 0. The molecule has 1 heterocycles. The lowest BCUT2D eigenvalue weighted by Crippen LogP contribution is -2.17. The van der Waals surface area contributed by atoms with Crippen LogP contribution in [0.4, 0.5) is 0 Å². The topological polar surface area (TPSA) is 38.8 Å². The minimum Gasteiger partial charge on any atom is -0.463 e. The van der Waals surface area contributed by atoms with Gasteiger partial charge in [-0.15, -0.1) is 0 Å². The van der Waals surface area contributed by atoms with E-state index in [2.05, 4.69) is 6.92 Å². The third kappa shape index (κ3) is 1.69. The van der Waals surface area contributed by atoms with Crippen molar-refractivity contribution in [1.82, 2.24) is 0 Å². The van der Waals surface area contributed by atoms with Crippen LogP contribution in [0.25, 0.3) is 0 Å². The quantitative estimate of drug-likeness (QED) is 0.384. The van der Waals surface area contributed by atoms with Crippen molar-refractivity contribution >= 4 is 5.97 Å². The average molecular weight is 196 g/mol. The second-order valence-corrected chi connectivity index (χ2v) is 4.14. The third-order valence-electron chi connectivity index (χ3n) is 2.95. The molecule has 2 aliphatic rings. The molecule has 0 spiro atoms. The van der Waals surface area contributed by atoms with Crippen LogP contribution in [0, 0.1) is 0 Å². The van der Waals surface area contributed by atoms with E-state index in [0.717, 1.165) is 24.8 Å². The second kappa shape index (κ2) is 3.39. The van der Waals surface area contributed by atoms with Crippen molar-refractivity contribution in [2.75, 3.05) is 6.61 Å². The Kier molecular flexibility index (Phi) is 2.35. The van der Waals surface area contributed by atoms with Gasteiger partial charge in [0.25, 0.3) is 0 Å². The molecule has 0 aromatic heterocycles. The van der Waals surface area contributed by atoms with Gasteiger partial charge in [0, 0.05) is 6.08 Å². The molecule has 3 heteroatoms. The zero-order valence-corrected chi connectivity index (χ0v) is 8.71. The molecule has 0 amide bonds. The fourth-order valence-electron chi connectivity index (χ4n) is 2.15. The van der Waals surface area contributed by atoms with Gasteiger partial charge in [0.05, 0.1) is 12.2 Å². The minimum absolute atomic E-state index is 0.0244. The van der Waals surface area contributed by atoms with E-state index in [1.807, 2.05) is 6.92 Å². The first-order chi connectivity index (χ1) is 6.65. The van der Waals surface area contributed by atoms with Gasteiger partial charge in [0.1, 0.15) is 6.10 Å². The van der Waals surface area contributed by atoms with Crippen LogP contribution in [0.1, 0.15) is 33.1 Å². The maximum Gasteiger partial charge on any atom is 0.330 e. The summed E-state index contributed by atoms with van der Waals surface area (Å²) in [4.78, 5) is 11.2. The molecule has 0 bridgehead atoms. The first-order valence-corrected chi connectivity index (χ1v) is 5.21. The molecule has 0 unspecified atom stereocenters. The van der Waals surface area contributed by atoms with Crippen LogP contribution in [-0.4, -0.2) is 24.3 Å². The molecule has 3 nitrogen and oxygen atoms in total. The number of epoxide rings is 1. The molecule has 2 rings (SSSR count). The molecule has 1 saturated heterocycles. The molecular formula is C11H16O3. The summed E-state index contributed by atoms with van der Waals surface area (Å²) >= 11 is 0. The number of hydrogen-bond acceptors (Lipinski definition) is 3. The number of ether oxygens (including phenoxy) is 2. The molecule has 0 radical (unpaired) electrons. The largest absolute Gasteiger partial charge is 0.463 e. The number of rotatable bonds is 2. The van der Waals surface area contributed by atoms with Crippen molar-refractivity contribution < 1.29 is 14.3 Å². The van der Waals surface area contributed by atoms with Crippen LogP contribution >= 0.6 is 0 Å². The lowest BCUT2D eigenvalue weighted by molar-refractivity contribution is -0.137. The Bertz CT molecular complexity index is 282. The highest BCUT2D eigenvalue weighted by Gasteiger charge is 2.55. The molecule has 78 valence electrons. The van der Waals surface area contributed by atoms with Crippen molar-refractivity contribution in [2.24, 2.45) is 0 Å². The maximum atomic E-state index is 11.2. The Balaban J connectivity index is 2.01. The van der Waals surface area contributed by atoms with Crippen molar-refractivity contribution in [3.8, 4) is 0 Å². The summed E-state index contributed by atoms with van der Waals surface area (Å²) in [7, 11) is 0. The average Bonchev–Trinajstić information content (AvgIpc) is 2.78. The minimum atomic E-state index is -0.234. The van der Waals surface area contributed by atoms with E-state index < -0.39 is 0 Å². The number of fused-ring (bicyclic) bond motifs is 1. The highest BCUT2D eigenvalue weighted by molar-refractivity contribution is 5.83. The number of carbonyl (C=O) groups is 1. The summed E-state index contributed by atoms with van der Waals surface area (Å²) in [6, 6.07) is 0. The van der Waals surface area contributed by atoms with Crippen LogP contribution in [0.3, 0.4) is 0 Å². The fourth-order valence-corrected chi connectivity index (χ4v) is 2.15. The predicted octanol–water partition coefficient (Wildman–Crippen LogP) is 1.82. The molecular weight excluding hydrogens is 180 g/mol. The van der Waals surface area contributed by atoms with Gasteiger partial charge in [-0.25, -0.2) is 4.79 Å². The summed E-state index contributed by atoms with van der Waals surface area (Å²) < 4.78 is 10.5. The lowest BCUT2D eigenvalue weighted by Gasteiger charge is -2.14. The standard InChI is InChI=1S/C11H16O3/c1-3-13-9(12)7-8-5-4-6-11(2)10(8)14-11/h7,10H,3-6H2,1-2H3/b8-7+/t10-,11+/m1/s1. The lowest BCUT2D eigenvalue weighted by atomic mass is 9.86. The monoisotopic (exact) mass is 196 g/mol. The molecule has 0 aromatic rings. The molecule has 2 atom stereocenters. The van der Waals surface area contributed by atoms with Gasteiger partial charge in [0.2, 0.25) is 0 Å². The van der Waals surface area contributed by atoms with Crippen LogP contribution in [-0.2, 0) is 14.3 Å². The van der Waals surface area contributed by atoms with Gasteiger partial charge in [-0.05, 0) is 38.7 Å². The molecule has 14 heavy (non-hydrogen) atoms. The van der Waals surface area contributed by atoms with E-state index >= 15 is 0 Å². The zero-order chi connectivity index (χ0) is 10.2. The Morgan fingerprint density at radius 2 is 2.57 bits per heavy atom. The molecule has 2 fully saturated rings. The van der Waals surface area contributed by atoms with Gasteiger partial charge in [-0.2, -0.15) is 0 Å². The van der Waals surface area contributed by atoms with Gasteiger partial charge in [-0.3, -0.25) is 0 Å². The molecule has 1 aliphatic carbocycles. The Hall–Kier alpha value is -0.830. The van der Waals surface area contributed by atoms with Gasteiger partial charge >= 0.3 is 5.97 Å². The van der Waals surface area contributed by atoms with Crippen molar-refractivity contribution in [1.29, 1.82) is 0 Å². The Morgan fingerprint density at radius 3 is 3.29 bits per heavy atom. The summed E-state index contributed by atoms with van der Waals surface area (Å²) in [6.45, 7) is 4.36. The van der Waals surface area contributed by atoms with Crippen LogP contribution in [0.5, 0.6) is 0 Å². The van der Waals surface area contributed by atoms with Gasteiger partial charge in [-0.1, -0.05) is 0 Å². The highest BCUT2D eigenvalue weighted by atomic mass is 16.6. The van der Waals surface area contributed by atoms with E-state index in [-0.39, 0.29) is 17.7 Å². The summed E-state index contributed by atoms with van der Waals surface area (Å²) in [5.41, 5.74) is 1.13. The van der Waals surface area contributed by atoms with E-state index in [1.54, 1.807) is 6.08 Å². The van der Waals surface area contributed by atoms with E-state index in [1.165, 1.54) is 0 Å². The number of esters is 1. The van der Waals surface area contributed by atoms with Crippen LogP contribution in [0.15, 0.2) is 11.6 Å². The Labute approximate surface area is 84.1 Å². The fraction of sp³-hybridized carbons (Fsp3) is 0.727. The first-order valence-electron chi connectivity index (χ1n) is 5.21. The van der Waals surface area contributed by atoms with Crippen molar-refractivity contribution in [3.05, 3.63) is 11.6 Å². The van der Waals surface area contributed by atoms with Crippen molar-refractivity contribution in [2.45, 2.75) is 44.8 Å². The second-order valence-electron chi connectivity index (χ2n) is 4.14. The Morgan fingerprint density at radius 1 is 1.79 bits per heavy atom. The number of carbonyl (C=O) groups excluding carboxylic acids is 1. The predicted molar refractivity (Wildman–Crippen MR) is 51.8 cm³/mol. The molecule has 0 N–H and O–H groups in total. The van der Waals surface area contributed by atoms with Crippen molar-refractivity contribution in [3.63, 3.8) is 0 Å². The van der Waals surface area contributed by atoms with Crippen LogP contribution < -0.4 is 0 Å². The zero-order valence-electron chi connectivity index (χ0n) is 8.71. The van der Waals surface area contributed by atoms with E-state index in [9.17, 15) is 4.79 Å². The summed E-state index contributed by atoms with van der Waals surface area (Å²) in [6.07, 6.45) is 4.98. The normalized spacial score (nSPS) is 37.9. The summed E-state index contributed by atoms with van der Waals surface area (Å²) in [5.74, 6) is -0.234.